The van der Waals surface area contributed by atoms with Gasteiger partial charge in [0.15, 0.2) is 11.7 Å². The normalized spacial score (nSPS) is 16.5. The molecule has 7 nitrogen and oxygen atoms in total. The van der Waals surface area contributed by atoms with E-state index >= 15 is 0 Å². The third-order valence-electron chi connectivity index (χ3n) is 2.39. The van der Waals surface area contributed by atoms with E-state index in [1.54, 1.807) is 13.0 Å². The Labute approximate surface area is 103 Å². The zero-order chi connectivity index (χ0) is 13.1. The zero-order valence-electron chi connectivity index (χ0n) is 9.92. The Kier molecular flexibility index (Phi) is 3.31. The number of carbonyl (C=O) groups is 1. The third-order valence-corrected chi connectivity index (χ3v) is 2.39. The van der Waals surface area contributed by atoms with Crippen molar-refractivity contribution in [2.24, 2.45) is 5.16 Å². The summed E-state index contributed by atoms with van der Waals surface area (Å²) in [5, 5.41) is 12.9. The van der Waals surface area contributed by atoms with Crippen molar-refractivity contribution in [2.45, 2.75) is 13.5 Å². The van der Waals surface area contributed by atoms with Gasteiger partial charge in [-0.2, -0.15) is 0 Å². The maximum atomic E-state index is 11.0. The standard InChI is InChI=1S/C11H13N3O4/c1-3-4-17-13-8-5-14(11(15)16)6-9-10(8)12-7(2)18-9/h3H,1,4-6H2,2H3,(H,15,16). The molecule has 0 atom stereocenters. The molecule has 0 fully saturated rings. The Morgan fingerprint density at radius 3 is 3.17 bits per heavy atom. The summed E-state index contributed by atoms with van der Waals surface area (Å²) in [6.07, 6.45) is 0.516. The number of aryl methyl sites for hydroxylation is 1. The quantitative estimate of drug-likeness (QED) is 0.498. The first-order valence-electron chi connectivity index (χ1n) is 5.36. The Morgan fingerprint density at radius 2 is 2.50 bits per heavy atom. The van der Waals surface area contributed by atoms with E-state index in [2.05, 4.69) is 16.7 Å². The molecule has 7 heteroatoms. The van der Waals surface area contributed by atoms with Crippen LogP contribution < -0.4 is 0 Å². The molecule has 0 spiro atoms. The zero-order valence-corrected chi connectivity index (χ0v) is 9.92. The van der Waals surface area contributed by atoms with Crippen LogP contribution in [0.1, 0.15) is 17.3 Å². The van der Waals surface area contributed by atoms with Crippen LogP contribution in [0.3, 0.4) is 0 Å². The molecule has 96 valence electrons. The highest BCUT2D eigenvalue weighted by molar-refractivity contribution is 6.03. The number of fused-ring (bicyclic) bond motifs is 1. The van der Waals surface area contributed by atoms with Gasteiger partial charge in [-0.05, 0) is 0 Å². The minimum Gasteiger partial charge on any atom is -0.465 e. The van der Waals surface area contributed by atoms with Gasteiger partial charge in [0.25, 0.3) is 0 Å². The molecule has 0 unspecified atom stereocenters. The van der Waals surface area contributed by atoms with Gasteiger partial charge >= 0.3 is 6.09 Å². The molecular weight excluding hydrogens is 238 g/mol. The molecule has 1 aliphatic heterocycles. The van der Waals surface area contributed by atoms with Gasteiger partial charge in [0.05, 0.1) is 13.1 Å². The fourth-order valence-corrected chi connectivity index (χ4v) is 1.66. The molecule has 1 aliphatic rings. The highest BCUT2D eigenvalue weighted by Gasteiger charge is 2.29. The summed E-state index contributed by atoms with van der Waals surface area (Å²) in [6, 6.07) is 0. The molecule has 0 radical (unpaired) electrons. The number of hydrogen-bond acceptors (Lipinski definition) is 5. The van der Waals surface area contributed by atoms with E-state index in [1.807, 2.05) is 0 Å². The Balaban J connectivity index is 2.29. The lowest BCUT2D eigenvalue weighted by atomic mass is 10.1. The monoisotopic (exact) mass is 251 g/mol. The lowest BCUT2D eigenvalue weighted by molar-refractivity contribution is 0.141. The number of aromatic nitrogens is 1. The van der Waals surface area contributed by atoms with Crippen LogP contribution in [-0.2, 0) is 11.4 Å². The molecule has 0 aromatic carbocycles. The molecular formula is C11H13N3O4. The smallest absolute Gasteiger partial charge is 0.408 e. The minimum atomic E-state index is -1.04. The first-order chi connectivity index (χ1) is 8.61. The highest BCUT2D eigenvalue weighted by atomic mass is 16.6. The average molecular weight is 251 g/mol. The van der Waals surface area contributed by atoms with Gasteiger partial charge in [-0.25, -0.2) is 9.78 Å². The summed E-state index contributed by atoms with van der Waals surface area (Å²) >= 11 is 0. The van der Waals surface area contributed by atoms with Crippen LogP contribution in [0.15, 0.2) is 22.2 Å². The van der Waals surface area contributed by atoms with Crippen LogP contribution in [0.25, 0.3) is 0 Å². The molecule has 1 amide bonds. The van der Waals surface area contributed by atoms with Crippen LogP contribution >= 0.6 is 0 Å². The second kappa shape index (κ2) is 4.91. The van der Waals surface area contributed by atoms with Gasteiger partial charge in [0, 0.05) is 6.92 Å². The molecule has 2 rings (SSSR count). The molecule has 0 saturated heterocycles. The lowest BCUT2D eigenvalue weighted by Crippen LogP contribution is -2.38. The van der Waals surface area contributed by atoms with E-state index in [4.69, 9.17) is 14.4 Å². The predicted molar refractivity (Wildman–Crippen MR) is 62.4 cm³/mol. The number of oxazole rings is 1. The molecule has 1 aromatic rings. The Hall–Kier alpha value is -2.31. The minimum absolute atomic E-state index is 0.130. The first kappa shape index (κ1) is 12.2. The third kappa shape index (κ3) is 2.34. The van der Waals surface area contributed by atoms with E-state index in [9.17, 15) is 4.79 Å². The summed E-state index contributed by atoms with van der Waals surface area (Å²) in [6.45, 7) is 5.76. The topological polar surface area (TPSA) is 88.2 Å². The van der Waals surface area contributed by atoms with Gasteiger partial charge in [-0.15, -0.1) is 0 Å². The summed E-state index contributed by atoms with van der Waals surface area (Å²) < 4.78 is 5.35. The number of nitrogens with zero attached hydrogens (tertiary/aromatic N) is 3. The van der Waals surface area contributed by atoms with E-state index in [0.29, 0.717) is 23.1 Å². The number of carboxylic acid groups (broad SMARTS) is 1. The largest absolute Gasteiger partial charge is 0.465 e. The molecule has 1 aromatic heterocycles. The second-order valence-electron chi connectivity index (χ2n) is 3.77. The van der Waals surface area contributed by atoms with Gasteiger partial charge in [-0.3, -0.25) is 4.90 Å². The van der Waals surface area contributed by atoms with Crippen molar-refractivity contribution in [1.29, 1.82) is 0 Å². The molecule has 1 N–H and O–H groups in total. The molecule has 0 saturated carbocycles. The summed E-state index contributed by atoms with van der Waals surface area (Å²) in [5.74, 6) is 0.964. The summed E-state index contributed by atoms with van der Waals surface area (Å²) in [7, 11) is 0. The molecule has 0 bridgehead atoms. The van der Waals surface area contributed by atoms with E-state index in [0.717, 1.165) is 0 Å². The number of rotatable bonds is 3. The fraction of sp³-hybridized carbons (Fsp3) is 0.364. The highest BCUT2D eigenvalue weighted by Crippen LogP contribution is 2.20. The van der Waals surface area contributed by atoms with Crippen LogP contribution in [0.4, 0.5) is 4.79 Å². The maximum absolute atomic E-state index is 11.0. The lowest BCUT2D eigenvalue weighted by Gasteiger charge is -2.22. The average Bonchev–Trinajstić information content (AvgIpc) is 2.69. The number of oxime groups is 1. The SMILES string of the molecule is C=CCON=C1CN(C(=O)O)Cc2oc(C)nc21. The number of amides is 1. The first-order valence-corrected chi connectivity index (χ1v) is 5.36. The van der Waals surface area contributed by atoms with E-state index < -0.39 is 6.09 Å². The van der Waals surface area contributed by atoms with Crippen molar-refractivity contribution in [1.82, 2.24) is 9.88 Å². The van der Waals surface area contributed by atoms with Gasteiger partial charge in [-0.1, -0.05) is 17.8 Å². The van der Waals surface area contributed by atoms with E-state index in [-0.39, 0.29) is 19.7 Å². The van der Waals surface area contributed by atoms with Crippen LogP contribution in [-0.4, -0.2) is 39.9 Å². The second-order valence-corrected chi connectivity index (χ2v) is 3.77. The van der Waals surface area contributed by atoms with Crippen molar-refractivity contribution in [2.75, 3.05) is 13.2 Å². The Morgan fingerprint density at radius 1 is 1.72 bits per heavy atom. The molecule has 0 aliphatic carbocycles. The van der Waals surface area contributed by atoms with E-state index in [1.165, 1.54) is 4.90 Å². The maximum Gasteiger partial charge on any atom is 0.408 e. The summed E-state index contributed by atoms with van der Waals surface area (Å²) in [5.41, 5.74) is 1.01. The molecule has 2 heterocycles. The summed E-state index contributed by atoms with van der Waals surface area (Å²) in [4.78, 5) is 21.3. The van der Waals surface area contributed by atoms with Crippen LogP contribution in [0, 0.1) is 6.92 Å². The Bertz CT molecular complexity index is 506. The van der Waals surface area contributed by atoms with Crippen LogP contribution in [0.2, 0.25) is 0 Å². The van der Waals surface area contributed by atoms with Crippen molar-refractivity contribution < 1.29 is 19.2 Å². The number of hydrogen-bond donors (Lipinski definition) is 1. The fourth-order valence-electron chi connectivity index (χ4n) is 1.66. The van der Waals surface area contributed by atoms with Crippen LogP contribution in [0.5, 0.6) is 0 Å². The van der Waals surface area contributed by atoms with Gasteiger partial charge in [0.1, 0.15) is 18.0 Å². The van der Waals surface area contributed by atoms with Gasteiger partial charge in [0.2, 0.25) is 0 Å². The molecule has 18 heavy (non-hydrogen) atoms. The van der Waals surface area contributed by atoms with Crippen molar-refractivity contribution in [3.05, 3.63) is 30.0 Å². The van der Waals surface area contributed by atoms with Crippen molar-refractivity contribution in [3.8, 4) is 0 Å². The van der Waals surface area contributed by atoms with Crippen molar-refractivity contribution >= 4 is 11.8 Å². The predicted octanol–water partition coefficient (Wildman–Crippen LogP) is 1.38. The van der Waals surface area contributed by atoms with Crippen molar-refractivity contribution in [3.63, 3.8) is 0 Å². The van der Waals surface area contributed by atoms with Gasteiger partial charge < -0.3 is 14.4 Å².